The minimum atomic E-state index is -1.75. The van der Waals surface area contributed by atoms with Crippen molar-refractivity contribution in [1.29, 1.82) is 0 Å². The summed E-state index contributed by atoms with van der Waals surface area (Å²) in [5.41, 5.74) is 1.57. The molecule has 25 heavy (non-hydrogen) atoms. The van der Waals surface area contributed by atoms with Gasteiger partial charge in [0.2, 0.25) is 6.29 Å². The van der Waals surface area contributed by atoms with Gasteiger partial charge >= 0.3 is 5.97 Å². The van der Waals surface area contributed by atoms with Crippen molar-refractivity contribution < 1.29 is 34.7 Å². The maximum absolute atomic E-state index is 11.2. The fraction of sp³-hybridized carbons (Fsp3) is 0.278. The third-order valence-corrected chi connectivity index (χ3v) is 4.03. The molecule has 7 heteroatoms. The summed E-state index contributed by atoms with van der Waals surface area (Å²) in [6, 6.07) is 16.3. The zero-order valence-electron chi connectivity index (χ0n) is 13.1. The summed E-state index contributed by atoms with van der Waals surface area (Å²) in [6.07, 6.45) is -8.20. The van der Waals surface area contributed by atoms with Crippen LogP contribution in [-0.4, -0.2) is 57.1 Å². The number of aliphatic hydroxyl groups excluding tert-OH is 3. The second-order valence-corrected chi connectivity index (χ2v) is 5.72. The van der Waals surface area contributed by atoms with E-state index in [0.717, 1.165) is 5.56 Å². The molecule has 0 aliphatic carbocycles. The molecule has 0 bridgehead atoms. The van der Waals surface area contributed by atoms with Gasteiger partial charge in [0.15, 0.2) is 6.10 Å². The summed E-state index contributed by atoms with van der Waals surface area (Å²) in [4.78, 5) is 11.2. The highest BCUT2D eigenvalue weighted by Crippen LogP contribution is 2.32. The van der Waals surface area contributed by atoms with E-state index in [0.29, 0.717) is 11.3 Å². The number of carbonyl (C=O) groups is 1. The Balaban J connectivity index is 1.88. The fourth-order valence-corrected chi connectivity index (χ4v) is 2.70. The van der Waals surface area contributed by atoms with Crippen molar-refractivity contribution in [3.8, 4) is 16.9 Å². The van der Waals surface area contributed by atoms with Crippen LogP contribution in [0.3, 0.4) is 0 Å². The zero-order chi connectivity index (χ0) is 18.0. The molecular weight excluding hydrogens is 328 g/mol. The number of para-hydroxylation sites is 1. The molecular formula is C18H18O7. The predicted octanol–water partition coefficient (Wildman–Crippen LogP) is 0.625. The molecule has 5 unspecified atom stereocenters. The zero-order valence-corrected chi connectivity index (χ0v) is 13.1. The van der Waals surface area contributed by atoms with E-state index >= 15 is 0 Å². The van der Waals surface area contributed by atoms with E-state index in [1.807, 2.05) is 36.4 Å². The minimum absolute atomic E-state index is 0.352. The topological polar surface area (TPSA) is 116 Å². The molecule has 5 atom stereocenters. The lowest BCUT2D eigenvalue weighted by Gasteiger charge is -2.38. The molecule has 2 aromatic carbocycles. The van der Waals surface area contributed by atoms with Gasteiger partial charge in [-0.25, -0.2) is 4.79 Å². The molecule has 1 saturated heterocycles. The first-order valence-corrected chi connectivity index (χ1v) is 7.72. The van der Waals surface area contributed by atoms with Gasteiger partial charge in [-0.3, -0.25) is 0 Å². The van der Waals surface area contributed by atoms with Crippen molar-refractivity contribution in [2.45, 2.75) is 30.7 Å². The maximum Gasteiger partial charge on any atom is 0.335 e. The molecule has 3 rings (SSSR count). The average molecular weight is 346 g/mol. The quantitative estimate of drug-likeness (QED) is 0.641. The third-order valence-electron chi connectivity index (χ3n) is 4.03. The lowest BCUT2D eigenvalue weighted by molar-refractivity contribution is -0.271. The standard InChI is InChI=1S/C18H18O7/c19-13-14(20)16(17(22)23)25-18(15(13)21)24-12-9-5-4-8-11(12)10-6-2-1-3-7-10/h1-9,13-16,18-21H,(H,22,23). The van der Waals surface area contributed by atoms with Crippen molar-refractivity contribution in [1.82, 2.24) is 0 Å². The maximum atomic E-state index is 11.2. The summed E-state index contributed by atoms with van der Waals surface area (Å²) >= 11 is 0. The number of hydrogen-bond acceptors (Lipinski definition) is 6. The van der Waals surface area contributed by atoms with Crippen LogP contribution in [0, 0.1) is 0 Å². The molecule has 1 aliphatic heterocycles. The number of rotatable bonds is 4. The number of hydrogen-bond donors (Lipinski definition) is 4. The largest absolute Gasteiger partial charge is 0.479 e. The Morgan fingerprint density at radius 3 is 2.20 bits per heavy atom. The summed E-state index contributed by atoms with van der Waals surface area (Å²) in [5, 5.41) is 38.8. The average Bonchev–Trinajstić information content (AvgIpc) is 2.63. The van der Waals surface area contributed by atoms with Crippen molar-refractivity contribution >= 4 is 5.97 Å². The Labute approximate surface area is 143 Å². The van der Waals surface area contributed by atoms with Gasteiger partial charge in [-0.2, -0.15) is 0 Å². The SMILES string of the molecule is O=C(O)C1OC(Oc2ccccc2-c2ccccc2)C(O)C(O)C1O. The Hall–Kier alpha value is -2.45. The molecule has 1 heterocycles. The molecule has 0 radical (unpaired) electrons. The van der Waals surface area contributed by atoms with Crippen molar-refractivity contribution in [2.75, 3.05) is 0 Å². The van der Waals surface area contributed by atoms with Gasteiger partial charge in [-0.15, -0.1) is 0 Å². The van der Waals surface area contributed by atoms with Crippen LogP contribution in [0.15, 0.2) is 54.6 Å². The number of carboxylic acids is 1. The fourth-order valence-electron chi connectivity index (χ4n) is 2.70. The van der Waals surface area contributed by atoms with Crippen LogP contribution >= 0.6 is 0 Å². The van der Waals surface area contributed by atoms with Gasteiger partial charge in [0, 0.05) is 5.56 Å². The molecule has 0 amide bonds. The van der Waals surface area contributed by atoms with Gasteiger partial charge in [0.25, 0.3) is 0 Å². The molecule has 7 nitrogen and oxygen atoms in total. The molecule has 2 aromatic rings. The van der Waals surface area contributed by atoms with Crippen LogP contribution in [0.25, 0.3) is 11.1 Å². The van der Waals surface area contributed by atoms with Crippen LogP contribution in [0.5, 0.6) is 5.75 Å². The molecule has 0 aromatic heterocycles. The van der Waals surface area contributed by atoms with E-state index in [-0.39, 0.29) is 0 Å². The minimum Gasteiger partial charge on any atom is -0.479 e. The van der Waals surface area contributed by atoms with E-state index in [2.05, 4.69) is 0 Å². The van der Waals surface area contributed by atoms with Crippen molar-refractivity contribution in [3.63, 3.8) is 0 Å². The van der Waals surface area contributed by atoms with E-state index in [1.165, 1.54) is 0 Å². The number of benzene rings is 2. The van der Waals surface area contributed by atoms with Gasteiger partial charge in [-0.05, 0) is 11.6 Å². The van der Waals surface area contributed by atoms with Crippen molar-refractivity contribution in [2.24, 2.45) is 0 Å². The highest BCUT2D eigenvalue weighted by atomic mass is 16.7. The van der Waals surface area contributed by atoms with Crippen LogP contribution in [0.2, 0.25) is 0 Å². The third kappa shape index (κ3) is 3.49. The van der Waals surface area contributed by atoms with E-state index in [9.17, 15) is 20.1 Å². The molecule has 0 saturated carbocycles. The smallest absolute Gasteiger partial charge is 0.335 e. The number of aliphatic carboxylic acids is 1. The number of ether oxygens (including phenoxy) is 2. The number of aliphatic hydroxyl groups is 3. The molecule has 0 spiro atoms. The van der Waals surface area contributed by atoms with Gasteiger partial charge < -0.3 is 29.9 Å². The first-order chi connectivity index (χ1) is 12.0. The second-order valence-electron chi connectivity index (χ2n) is 5.72. The highest BCUT2D eigenvalue weighted by Gasteiger charge is 2.48. The lowest BCUT2D eigenvalue weighted by atomic mass is 9.99. The predicted molar refractivity (Wildman–Crippen MR) is 86.8 cm³/mol. The van der Waals surface area contributed by atoms with E-state index < -0.39 is 36.7 Å². The van der Waals surface area contributed by atoms with E-state index in [1.54, 1.807) is 18.2 Å². The summed E-state index contributed by atoms with van der Waals surface area (Å²) in [5.74, 6) is -1.10. The van der Waals surface area contributed by atoms with Gasteiger partial charge in [0.1, 0.15) is 24.1 Å². The van der Waals surface area contributed by atoms with Crippen LogP contribution in [-0.2, 0) is 9.53 Å². The molecule has 4 N–H and O–H groups in total. The molecule has 132 valence electrons. The monoisotopic (exact) mass is 346 g/mol. The lowest BCUT2D eigenvalue weighted by Crippen LogP contribution is -2.61. The Morgan fingerprint density at radius 2 is 1.52 bits per heavy atom. The summed E-state index contributed by atoms with van der Waals surface area (Å²) in [7, 11) is 0. The molecule has 1 fully saturated rings. The van der Waals surface area contributed by atoms with Crippen LogP contribution in [0.1, 0.15) is 0 Å². The van der Waals surface area contributed by atoms with Crippen LogP contribution < -0.4 is 4.74 Å². The van der Waals surface area contributed by atoms with Gasteiger partial charge in [0.05, 0.1) is 0 Å². The number of carboxylic acid groups (broad SMARTS) is 1. The Kier molecular flexibility index (Phi) is 5.00. The normalized spacial score (nSPS) is 29.2. The Bertz CT molecular complexity index is 733. The van der Waals surface area contributed by atoms with E-state index in [4.69, 9.17) is 14.6 Å². The first-order valence-electron chi connectivity index (χ1n) is 7.72. The molecule has 1 aliphatic rings. The highest BCUT2D eigenvalue weighted by molar-refractivity contribution is 5.73. The van der Waals surface area contributed by atoms with Crippen LogP contribution in [0.4, 0.5) is 0 Å². The first kappa shape index (κ1) is 17.4. The summed E-state index contributed by atoms with van der Waals surface area (Å²) < 4.78 is 10.8. The Morgan fingerprint density at radius 1 is 0.880 bits per heavy atom. The van der Waals surface area contributed by atoms with Crippen molar-refractivity contribution in [3.05, 3.63) is 54.6 Å². The summed E-state index contributed by atoms with van der Waals surface area (Å²) in [6.45, 7) is 0. The second kappa shape index (κ2) is 7.20. The van der Waals surface area contributed by atoms with Gasteiger partial charge in [-0.1, -0.05) is 48.5 Å².